The van der Waals surface area contributed by atoms with Crippen LogP contribution in [0.25, 0.3) is 0 Å². The number of hydrogen-bond donors (Lipinski definition) is 1. The molecule has 0 aliphatic heterocycles. The van der Waals surface area contributed by atoms with Crippen molar-refractivity contribution >= 4 is 5.82 Å². The van der Waals surface area contributed by atoms with Gasteiger partial charge in [-0.1, -0.05) is 31.7 Å². The Morgan fingerprint density at radius 2 is 2.00 bits per heavy atom. The van der Waals surface area contributed by atoms with E-state index in [1.54, 1.807) is 0 Å². The van der Waals surface area contributed by atoms with Crippen molar-refractivity contribution in [1.82, 2.24) is 4.98 Å². The van der Waals surface area contributed by atoms with E-state index in [9.17, 15) is 0 Å². The molecule has 94 valence electrons. The van der Waals surface area contributed by atoms with Gasteiger partial charge in [-0.15, -0.1) is 0 Å². The van der Waals surface area contributed by atoms with Crippen LogP contribution in [0.4, 0.5) is 5.82 Å². The molecule has 2 N–H and O–H groups in total. The van der Waals surface area contributed by atoms with Gasteiger partial charge in [0.25, 0.3) is 0 Å². The second-order valence-corrected chi connectivity index (χ2v) is 4.95. The van der Waals surface area contributed by atoms with E-state index in [2.05, 4.69) is 23.0 Å². The highest BCUT2D eigenvalue weighted by Gasteiger charge is 2.19. The van der Waals surface area contributed by atoms with Crippen LogP contribution in [0, 0.1) is 0 Å². The van der Waals surface area contributed by atoms with Crippen molar-refractivity contribution in [2.45, 2.75) is 51.1 Å². The Kier molecular flexibility index (Phi) is 4.37. The van der Waals surface area contributed by atoms with E-state index in [0.717, 1.165) is 11.4 Å². The van der Waals surface area contributed by atoms with Gasteiger partial charge in [-0.25, -0.2) is 4.98 Å². The van der Waals surface area contributed by atoms with Crippen LogP contribution in [0.3, 0.4) is 0 Å². The highest BCUT2D eigenvalue weighted by atomic mass is 15.2. The molecule has 0 spiro atoms. The highest BCUT2D eigenvalue weighted by Crippen LogP contribution is 2.26. The molecule has 1 fully saturated rings. The summed E-state index contributed by atoms with van der Waals surface area (Å²) in [5.41, 5.74) is 6.93. The molecule has 0 saturated heterocycles. The molecule has 3 heteroatoms. The van der Waals surface area contributed by atoms with Crippen molar-refractivity contribution in [2.24, 2.45) is 5.73 Å². The molecule has 1 aromatic heterocycles. The number of aromatic nitrogens is 1. The van der Waals surface area contributed by atoms with Gasteiger partial charge in [0.05, 0.1) is 0 Å². The van der Waals surface area contributed by atoms with Crippen LogP contribution < -0.4 is 10.6 Å². The average molecular weight is 233 g/mol. The zero-order valence-electron chi connectivity index (χ0n) is 10.7. The summed E-state index contributed by atoms with van der Waals surface area (Å²) in [5, 5.41) is 0. The van der Waals surface area contributed by atoms with Gasteiger partial charge >= 0.3 is 0 Å². The smallest absolute Gasteiger partial charge is 0.132 e. The van der Waals surface area contributed by atoms with Crippen LogP contribution in [0.5, 0.6) is 0 Å². The molecular weight excluding hydrogens is 210 g/mol. The zero-order valence-corrected chi connectivity index (χ0v) is 10.7. The van der Waals surface area contributed by atoms with Crippen molar-refractivity contribution in [1.29, 1.82) is 0 Å². The number of rotatable bonds is 3. The lowest BCUT2D eigenvalue weighted by Gasteiger charge is -2.29. The summed E-state index contributed by atoms with van der Waals surface area (Å²) in [6.45, 7) is 0.570. The van der Waals surface area contributed by atoms with Gasteiger partial charge in [0.15, 0.2) is 0 Å². The maximum Gasteiger partial charge on any atom is 0.132 e. The lowest BCUT2D eigenvalue weighted by atomic mass is 10.1. The first-order valence-electron chi connectivity index (χ1n) is 6.69. The van der Waals surface area contributed by atoms with Crippen molar-refractivity contribution in [3.8, 4) is 0 Å². The third-order valence-corrected chi connectivity index (χ3v) is 3.79. The van der Waals surface area contributed by atoms with E-state index in [-0.39, 0.29) is 0 Å². The molecule has 3 nitrogen and oxygen atoms in total. The Bertz CT molecular complexity index is 343. The summed E-state index contributed by atoms with van der Waals surface area (Å²) in [7, 11) is 2.16. The SMILES string of the molecule is CN(c1ncccc1CN)C1CCCCCC1. The van der Waals surface area contributed by atoms with Crippen LogP contribution in [-0.4, -0.2) is 18.1 Å². The Morgan fingerprint density at radius 1 is 1.29 bits per heavy atom. The van der Waals surface area contributed by atoms with Gasteiger partial charge in [0, 0.05) is 31.4 Å². The summed E-state index contributed by atoms with van der Waals surface area (Å²) in [5.74, 6) is 1.07. The lowest BCUT2D eigenvalue weighted by Crippen LogP contribution is -2.32. The minimum Gasteiger partial charge on any atom is -0.356 e. The summed E-state index contributed by atoms with van der Waals surface area (Å²) in [6, 6.07) is 4.68. The van der Waals surface area contributed by atoms with Crippen LogP contribution in [0.2, 0.25) is 0 Å². The van der Waals surface area contributed by atoms with Crippen molar-refractivity contribution in [2.75, 3.05) is 11.9 Å². The summed E-state index contributed by atoms with van der Waals surface area (Å²) in [4.78, 5) is 6.84. The van der Waals surface area contributed by atoms with Crippen LogP contribution in [0.1, 0.15) is 44.1 Å². The van der Waals surface area contributed by atoms with E-state index in [0.29, 0.717) is 12.6 Å². The molecule has 0 aromatic carbocycles. The molecule has 1 saturated carbocycles. The van der Waals surface area contributed by atoms with Crippen LogP contribution in [0.15, 0.2) is 18.3 Å². The van der Waals surface area contributed by atoms with Crippen molar-refractivity contribution in [3.05, 3.63) is 23.9 Å². The van der Waals surface area contributed by atoms with Crippen LogP contribution >= 0.6 is 0 Å². The first-order valence-corrected chi connectivity index (χ1v) is 6.69. The fourth-order valence-electron chi connectivity index (χ4n) is 2.73. The third kappa shape index (κ3) is 2.97. The Hall–Kier alpha value is -1.09. The monoisotopic (exact) mass is 233 g/mol. The van der Waals surface area contributed by atoms with E-state index >= 15 is 0 Å². The molecule has 0 radical (unpaired) electrons. The van der Waals surface area contributed by atoms with Gasteiger partial charge in [-0.05, 0) is 18.9 Å². The average Bonchev–Trinajstić information content (AvgIpc) is 2.66. The number of hydrogen-bond acceptors (Lipinski definition) is 3. The maximum absolute atomic E-state index is 5.78. The normalized spacial score (nSPS) is 17.8. The predicted octanol–water partition coefficient (Wildman–Crippen LogP) is 2.70. The van der Waals surface area contributed by atoms with E-state index < -0.39 is 0 Å². The maximum atomic E-state index is 5.78. The lowest BCUT2D eigenvalue weighted by molar-refractivity contribution is 0.547. The minimum atomic E-state index is 0.570. The predicted molar refractivity (Wildman–Crippen MR) is 72.0 cm³/mol. The summed E-state index contributed by atoms with van der Waals surface area (Å²) >= 11 is 0. The minimum absolute atomic E-state index is 0.570. The van der Waals surface area contributed by atoms with E-state index in [4.69, 9.17) is 5.73 Å². The van der Waals surface area contributed by atoms with E-state index in [1.807, 2.05) is 12.3 Å². The number of nitrogens with two attached hydrogens (primary N) is 1. The van der Waals surface area contributed by atoms with Crippen molar-refractivity contribution in [3.63, 3.8) is 0 Å². The molecule has 1 aliphatic carbocycles. The largest absolute Gasteiger partial charge is 0.356 e. The first-order chi connectivity index (χ1) is 8.33. The van der Waals surface area contributed by atoms with Gasteiger partial charge in [0.2, 0.25) is 0 Å². The standard InChI is InChI=1S/C14H23N3/c1-17(13-8-4-2-3-5-9-13)14-12(11-15)7-6-10-16-14/h6-7,10,13H,2-5,8-9,11,15H2,1H3. The topological polar surface area (TPSA) is 42.2 Å². The summed E-state index contributed by atoms with van der Waals surface area (Å²) in [6.07, 6.45) is 9.90. The van der Waals surface area contributed by atoms with Crippen LogP contribution in [-0.2, 0) is 6.54 Å². The third-order valence-electron chi connectivity index (χ3n) is 3.79. The van der Waals surface area contributed by atoms with Gasteiger partial charge in [0.1, 0.15) is 5.82 Å². The van der Waals surface area contributed by atoms with Crippen molar-refractivity contribution < 1.29 is 0 Å². The quantitative estimate of drug-likeness (QED) is 0.816. The van der Waals surface area contributed by atoms with E-state index in [1.165, 1.54) is 38.5 Å². The fourth-order valence-corrected chi connectivity index (χ4v) is 2.73. The molecule has 1 heterocycles. The number of anilines is 1. The molecule has 17 heavy (non-hydrogen) atoms. The second kappa shape index (κ2) is 6.01. The Morgan fingerprint density at radius 3 is 2.65 bits per heavy atom. The molecule has 0 bridgehead atoms. The van der Waals surface area contributed by atoms with Gasteiger partial charge in [-0.2, -0.15) is 0 Å². The number of pyridine rings is 1. The molecule has 0 amide bonds. The van der Waals surface area contributed by atoms with Gasteiger partial charge < -0.3 is 10.6 Å². The summed E-state index contributed by atoms with van der Waals surface area (Å²) < 4.78 is 0. The Balaban J connectivity index is 2.14. The first kappa shape index (κ1) is 12.4. The molecule has 0 unspecified atom stereocenters. The molecular formula is C14H23N3. The fraction of sp³-hybridized carbons (Fsp3) is 0.643. The molecule has 2 rings (SSSR count). The van der Waals surface area contributed by atoms with Gasteiger partial charge in [-0.3, -0.25) is 0 Å². The molecule has 1 aliphatic rings. The highest BCUT2D eigenvalue weighted by molar-refractivity contribution is 5.46. The molecule has 1 aromatic rings. The second-order valence-electron chi connectivity index (χ2n) is 4.95. The number of nitrogens with zero attached hydrogens (tertiary/aromatic N) is 2. The zero-order chi connectivity index (χ0) is 12.1. The Labute approximate surface area is 104 Å². The molecule has 0 atom stereocenters.